The second-order valence-corrected chi connectivity index (χ2v) is 5.65. The van der Waals surface area contributed by atoms with Gasteiger partial charge in [-0.25, -0.2) is 6.61 Å². The molecule has 2 atom stereocenters. The summed E-state index contributed by atoms with van der Waals surface area (Å²) >= 11 is 0. The van der Waals surface area contributed by atoms with E-state index in [2.05, 4.69) is 19.2 Å². The minimum absolute atomic E-state index is 0. The van der Waals surface area contributed by atoms with Crippen molar-refractivity contribution in [1.29, 1.82) is 0 Å². The zero-order valence-corrected chi connectivity index (χ0v) is 13.9. The van der Waals surface area contributed by atoms with Gasteiger partial charge in [0.2, 0.25) is 0 Å². The normalized spacial score (nSPS) is 20.5. The van der Waals surface area contributed by atoms with Gasteiger partial charge < -0.3 is 15.5 Å². The summed E-state index contributed by atoms with van der Waals surface area (Å²) in [5.74, 6) is 0.744. The third-order valence-electron chi connectivity index (χ3n) is 3.67. The molecule has 1 aliphatic rings. The van der Waals surface area contributed by atoms with Crippen LogP contribution < -0.4 is 5.32 Å². The van der Waals surface area contributed by atoms with E-state index in [1.165, 1.54) is 32.1 Å². The fraction of sp³-hybridized carbons (Fsp3) is 0.929. The van der Waals surface area contributed by atoms with E-state index >= 15 is 0 Å². The molecule has 1 rings (SSSR count). The SMILES string of the molecule is CC(C)N[C@@H](CC1CCCCC1)[C@@H](O)C[CH-]O.[Gd]. The molecule has 1 fully saturated rings. The summed E-state index contributed by atoms with van der Waals surface area (Å²) in [5, 5.41) is 22.3. The summed E-state index contributed by atoms with van der Waals surface area (Å²) in [7, 11) is 0. The Bertz CT molecular complexity index is 196. The molecule has 0 aromatic heterocycles. The van der Waals surface area contributed by atoms with Crippen molar-refractivity contribution in [2.75, 3.05) is 0 Å². The van der Waals surface area contributed by atoms with E-state index in [9.17, 15) is 5.11 Å². The van der Waals surface area contributed by atoms with Crippen LogP contribution in [-0.2, 0) is 0 Å². The zero-order valence-electron chi connectivity index (χ0n) is 11.6. The van der Waals surface area contributed by atoms with Crippen molar-refractivity contribution in [3.05, 3.63) is 6.61 Å². The summed E-state index contributed by atoms with van der Waals surface area (Å²) in [6.07, 6.45) is 7.56. The minimum atomic E-state index is -0.468. The summed E-state index contributed by atoms with van der Waals surface area (Å²) in [5.41, 5.74) is 0. The maximum absolute atomic E-state index is 10.0. The quantitative estimate of drug-likeness (QED) is 0.577. The maximum atomic E-state index is 10.0. The van der Waals surface area contributed by atoms with Gasteiger partial charge in [0.1, 0.15) is 0 Å². The van der Waals surface area contributed by atoms with Gasteiger partial charge in [-0.1, -0.05) is 46.0 Å². The standard InChI is InChI=1S/C14H28NO2.Gd/c1-11(2)15-13(14(17)8-9-16)10-12-6-4-3-5-7-12;/h9,11-17H,3-8,10H2,1-2H3;/q-1;/t13-,14-;/m0./s1. The molecule has 0 bridgehead atoms. The number of nitrogens with one attached hydrogen (secondary N) is 1. The number of hydrogen-bond donors (Lipinski definition) is 3. The van der Waals surface area contributed by atoms with E-state index in [-0.39, 0.29) is 46.0 Å². The number of hydrogen-bond acceptors (Lipinski definition) is 3. The van der Waals surface area contributed by atoms with Crippen molar-refractivity contribution < 1.29 is 50.2 Å². The minimum Gasteiger partial charge on any atom is -0.566 e. The average molecular weight is 400 g/mol. The Morgan fingerprint density at radius 1 is 1.22 bits per heavy atom. The zero-order chi connectivity index (χ0) is 12.7. The van der Waals surface area contributed by atoms with Gasteiger partial charge in [0.05, 0.1) is 0 Å². The van der Waals surface area contributed by atoms with Crippen LogP contribution in [0.2, 0.25) is 0 Å². The second-order valence-electron chi connectivity index (χ2n) is 5.65. The van der Waals surface area contributed by atoms with Crippen LogP contribution in [0.4, 0.5) is 0 Å². The average Bonchev–Trinajstić information content (AvgIpc) is 2.29. The van der Waals surface area contributed by atoms with Gasteiger partial charge in [-0.15, -0.1) is 6.42 Å². The van der Waals surface area contributed by atoms with Crippen LogP contribution in [-0.4, -0.2) is 28.4 Å². The molecule has 0 amide bonds. The monoisotopic (exact) mass is 400 g/mol. The van der Waals surface area contributed by atoms with Crippen LogP contribution in [0.1, 0.15) is 58.8 Å². The Morgan fingerprint density at radius 2 is 1.83 bits per heavy atom. The maximum Gasteiger partial charge on any atom is 0.0443 e. The summed E-state index contributed by atoms with van der Waals surface area (Å²) in [6, 6.07) is 0.485. The molecule has 0 unspecified atom stereocenters. The van der Waals surface area contributed by atoms with Crippen LogP contribution in [0.25, 0.3) is 0 Å². The van der Waals surface area contributed by atoms with E-state index < -0.39 is 6.10 Å². The first kappa shape index (κ1) is 19.2. The van der Waals surface area contributed by atoms with Crippen LogP contribution in [0, 0.1) is 52.5 Å². The molecule has 0 heterocycles. The first-order valence-electron chi connectivity index (χ1n) is 7.03. The Labute approximate surface area is 144 Å². The predicted octanol–water partition coefficient (Wildman–Crippen LogP) is 2.61. The van der Waals surface area contributed by atoms with E-state index in [0.29, 0.717) is 12.5 Å². The fourth-order valence-electron chi connectivity index (χ4n) is 2.82. The molecule has 1 aliphatic carbocycles. The van der Waals surface area contributed by atoms with E-state index in [1.807, 2.05) is 0 Å². The molecule has 0 spiro atoms. The Hall–Kier alpha value is 1.20. The summed E-state index contributed by atoms with van der Waals surface area (Å²) in [4.78, 5) is 0. The topological polar surface area (TPSA) is 52.5 Å². The molecule has 0 aromatic rings. The Morgan fingerprint density at radius 3 is 2.33 bits per heavy atom. The van der Waals surface area contributed by atoms with Crippen LogP contribution in [0.15, 0.2) is 0 Å². The van der Waals surface area contributed by atoms with Crippen LogP contribution in [0.3, 0.4) is 0 Å². The fourth-order valence-corrected chi connectivity index (χ4v) is 2.82. The number of aliphatic hydroxyl groups is 2. The van der Waals surface area contributed by atoms with Gasteiger partial charge in [0.25, 0.3) is 0 Å². The molecule has 0 aromatic carbocycles. The number of rotatable bonds is 7. The molecular weight excluding hydrogens is 371 g/mol. The van der Waals surface area contributed by atoms with E-state index in [4.69, 9.17) is 5.11 Å². The summed E-state index contributed by atoms with van der Waals surface area (Å²) in [6.45, 7) is 5.27. The smallest absolute Gasteiger partial charge is 0.0443 e. The van der Waals surface area contributed by atoms with Gasteiger partial charge in [-0.3, -0.25) is 0 Å². The molecule has 3 N–H and O–H groups in total. The molecule has 110 valence electrons. The van der Waals surface area contributed by atoms with Crippen molar-refractivity contribution in [3.8, 4) is 0 Å². The van der Waals surface area contributed by atoms with Crippen molar-refractivity contribution in [3.63, 3.8) is 0 Å². The van der Waals surface area contributed by atoms with Gasteiger partial charge in [0, 0.05) is 58.1 Å². The Kier molecular flexibility index (Phi) is 11.7. The molecule has 0 saturated heterocycles. The van der Waals surface area contributed by atoms with Gasteiger partial charge in [-0.05, 0) is 12.3 Å². The molecule has 1 saturated carbocycles. The van der Waals surface area contributed by atoms with Crippen LogP contribution in [0.5, 0.6) is 0 Å². The predicted molar refractivity (Wildman–Crippen MR) is 70.1 cm³/mol. The number of aliphatic hydroxyl groups excluding tert-OH is 2. The van der Waals surface area contributed by atoms with Crippen LogP contribution >= 0.6 is 0 Å². The molecule has 18 heavy (non-hydrogen) atoms. The van der Waals surface area contributed by atoms with Crippen molar-refractivity contribution in [1.82, 2.24) is 5.32 Å². The molecular formula is C14H28GdNO2-. The van der Waals surface area contributed by atoms with E-state index in [0.717, 1.165) is 18.9 Å². The Balaban J connectivity index is 0.00000289. The largest absolute Gasteiger partial charge is 0.566 e. The first-order chi connectivity index (χ1) is 8.13. The molecule has 0 radical (unpaired) electrons. The van der Waals surface area contributed by atoms with E-state index in [1.54, 1.807) is 0 Å². The third-order valence-corrected chi connectivity index (χ3v) is 3.67. The second kappa shape index (κ2) is 10.9. The van der Waals surface area contributed by atoms with Crippen molar-refractivity contribution in [2.45, 2.75) is 77.0 Å². The molecule has 3 nitrogen and oxygen atoms in total. The first-order valence-corrected chi connectivity index (χ1v) is 7.03. The van der Waals surface area contributed by atoms with Gasteiger partial charge in [0.15, 0.2) is 0 Å². The third kappa shape index (κ3) is 7.71. The molecule has 0 aliphatic heterocycles. The van der Waals surface area contributed by atoms with Gasteiger partial charge >= 0.3 is 0 Å². The van der Waals surface area contributed by atoms with Gasteiger partial charge in [-0.2, -0.15) is 0 Å². The van der Waals surface area contributed by atoms with Crippen molar-refractivity contribution >= 4 is 0 Å². The molecule has 4 heteroatoms. The van der Waals surface area contributed by atoms with Crippen molar-refractivity contribution in [2.24, 2.45) is 5.92 Å². The summed E-state index contributed by atoms with van der Waals surface area (Å²) < 4.78 is 0.